The number of carboxylic acid groups (broad SMARTS) is 1. The van der Waals surface area contributed by atoms with E-state index >= 15 is 0 Å². The molecule has 1 aromatic carbocycles. The summed E-state index contributed by atoms with van der Waals surface area (Å²) in [6, 6.07) is 6.87. The molecule has 1 aromatic rings. The van der Waals surface area contributed by atoms with E-state index in [-0.39, 0.29) is 12.3 Å². The number of benzene rings is 1. The highest BCUT2D eigenvalue weighted by Gasteiger charge is 2.19. The highest BCUT2D eigenvalue weighted by atomic mass is 16.4. The molecule has 18 heavy (non-hydrogen) atoms. The van der Waals surface area contributed by atoms with Crippen molar-refractivity contribution in [2.75, 3.05) is 6.54 Å². The Morgan fingerprint density at radius 2 is 2.00 bits per heavy atom. The van der Waals surface area contributed by atoms with Crippen LogP contribution in [0.15, 0.2) is 24.3 Å². The Hall–Kier alpha value is -1.84. The van der Waals surface area contributed by atoms with Gasteiger partial charge in [0.05, 0.1) is 6.42 Å². The molecule has 2 N–H and O–H groups in total. The molecular weight excluding hydrogens is 230 g/mol. The van der Waals surface area contributed by atoms with Gasteiger partial charge in [-0.05, 0) is 30.4 Å². The average Bonchev–Trinajstić information content (AvgIpc) is 2.26. The van der Waals surface area contributed by atoms with Crippen molar-refractivity contribution in [3.63, 3.8) is 0 Å². The minimum absolute atomic E-state index is 0.118. The Labute approximate surface area is 106 Å². The molecular formula is C14H17NO3. The number of rotatable bonds is 5. The monoisotopic (exact) mass is 247 g/mol. The normalized spacial score (nSPS) is 14.9. The standard InChI is InChI=1S/C14H17NO3/c16-13(17)8-11-6-1-2-7-12(11)14(18)15-9-10-4-3-5-10/h1-2,6-7,10H,3-5,8-9H2,(H,15,18)(H,16,17). The van der Waals surface area contributed by atoms with Crippen molar-refractivity contribution in [3.8, 4) is 0 Å². The molecule has 1 amide bonds. The van der Waals surface area contributed by atoms with Gasteiger partial charge < -0.3 is 10.4 Å². The second kappa shape index (κ2) is 5.67. The maximum atomic E-state index is 12.0. The van der Waals surface area contributed by atoms with E-state index in [2.05, 4.69) is 5.32 Å². The lowest BCUT2D eigenvalue weighted by molar-refractivity contribution is -0.136. The van der Waals surface area contributed by atoms with E-state index in [1.54, 1.807) is 24.3 Å². The van der Waals surface area contributed by atoms with E-state index < -0.39 is 5.97 Å². The second-order valence-electron chi connectivity index (χ2n) is 4.73. The number of hydrogen-bond donors (Lipinski definition) is 2. The van der Waals surface area contributed by atoms with Crippen LogP contribution in [0.2, 0.25) is 0 Å². The molecule has 0 spiro atoms. The lowest BCUT2D eigenvalue weighted by Gasteiger charge is -2.25. The van der Waals surface area contributed by atoms with Gasteiger partial charge in [0.15, 0.2) is 0 Å². The van der Waals surface area contributed by atoms with Gasteiger partial charge in [-0.15, -0.1) is 0 Å². The maximum absolute atomic E-state index is 12.0. The van der Waals surface area contributed by atoms with Crippen molar-refractivity contribution in [1.29, 1.82) is 0 Å². The number of carbonyl (C=O) groups excluding carboxylic acids is 1. The summed E-state index contributed by atoms with van der Waals surface area (Å²) < 4.78 is 0. The van der Waals surface area contributed by atoms with Crippen LogP contribution in [0.25, 0.3) is 0 Å². The predicted octanol–water partition coefficient (Wildman–Crippen LogP) is 1.84. The van der Waals surface area contributed by atoms with Crippen molar-refractivity contribution in [2.45, 2.75) is 25.7 Å². The summed E-state index contributed by atoms with van der Waals surface area (Å²) in [5.74, 6) is -0.492. The van der Waals surface area contributed by atoms with E-state index in [0.717, 1.165) is 0 Å². The first kappa shape index (κ1) is 12.6. The van der Waals surface area contributed by atoms with Gasteiger partial charge >= 0.3 is 5.97 Å². The molecule has 0 atom stereocenters. The molecule has 2 rings (SSSR count). The Morgan fingerprint density at radius 1 is 1.28 bits per heavy atom. The van der Waals surface area contributed by atoms with Crippen LogP contribution >= 0.6 is 0 Å². The summed E-state index contributed by atoms with van der Waals surface area (Å²) in [7, 11) is 0. The zero-order chi connectivity index (χ0) is 13.0. The lowest BCUT2D eigenvalue weighted by atomic mass is 9.85. The first-order valence-corrected chi connectivity index (χ1v) is 6.24. The first-order chi connectivity index (χ1) is 8.66. The fourth-order valence-electron chi connectivity index (χ4n) is 2.09. The highest BCUT2D eigenvalue weighted by molar-refractivity contribution is 5.96. The van der Waals surface area contributed by atoms with E-state index in [4.69, 9.17) is 5.11 Å². The van der Waals surface area contributed by atoms with Crippen LogP contribution in [0.5, 0.6) is 0 Å². The SMILES string of the molecule is O=C(O)Cc1ccccc1C(=O)NCC1CCC1. The van der Waals surface area contributed by atoms with E-state index in [9.17, 15) is 9.59 Å². The summed E-state index contributed by atoms with van der Waals surface area (Å²) >= 11 is 0. The molecule has 96 valence electrons. The molecule has 1 aliphatic rings. The second-order valence-corrected chi connectivity index (χ2v) is 4.73. The fraction of sp³-hybridized carbons (Fsp3) is 0.429. The van der Waals surface area contributed by atoms with Crippen LogP contribution in [0.1, 0.15) is 35.2 Å². The molecule has 0 heterocycles. The molecule has 0 bridgehead atoms. The van der Waals surface area contributed by atoms with Gasteiger partial charge in [-0.1, -0.05) is 24.6 Å². The van der Waals surface area contributed by atoms with Crippen molar-refractivity contribution < 1.29 is 14.7 Å². The zero-order valence-corrected chi connectivity index (χ0v) is 10.2. The van der Waals surface area contributed by atoms with Gasteiger partial charge in [0.25, 0.3) is 5.91 Å². The smallest absolute Gasteiger partial charge is 0.307 e. The largest absolute Gasteiger partial charge is 0.481 e. The number of carboxylic acids is 1. The van der Waals surface area contributed by atoms with Crippen molar-refractivity contribution in [2.24, 2.45) is 5.92 Å². The Balaban J connectivity index is 2.01. The Morgan fingerprint density at radius 3 is 2.61 bits per heavy atom. The topological polar surface area (TPSA) is 66.4 Å². The lowest BCUT2D eigenvalue weighted by Crippen LogP contribution is -2.32. The molecule has 0 radical (unpaired) electrons. The predicted molar refractivity (Wildman–Crippen MR) is 67.5 cm³/mol. The molecule has 0 aromatic heterocycles. The van der Waals surface area contributed by atoms with Gasteiger partial charge in [-0.3, -0.25) is 9.59 Å². The van der Waals surface area contributed by atoms with Gasteiger partial charge in [-0.2, -0.15) is 0 Å². The summed E-state index contributed by atoms with van der Waals surface area (Å²) in [5.41, 5.74) is 1.04. The van der Waals surface area contributed by atoms with Crippen molar-refractivity contribution in [1.82, 2.24) is 5.32 Å². The number of aliphatic carboxylic acids is 1. The van der Waals surface area contributed by atoms with Crippen LogP contribution in [0, 0.1) is 5.92 Å². The number of carbonyl (C=O) groups is 2. The minimum atomic E-state index is -0.922. The average molecular weight is 247 g/mol. The summed E-state index contributed by atoms with van der Waals surface area (Å²) in [6.45, 7) is 0.695. The molecule has 1 saturated carbocycles. The third-order valence-corrected chi connectivity index (χ3v) is 3.38. The number of hydrogen-bond acceptors (Lipinski definition) is 2. The van der Waals surface area contributed by atoms with Crippen LogP contribution in [0.4, 0.5) is 0 Å². The molecule has 0 saturated heterocycles. The highest BCUT2D eigenvalue weighted by Crippen LogP contribution is 2.25. The van der Waals surface area contributed by atoms with Crippen LogP contribution in [-0.4, -0.2) is 23.5 Å². The fourth-order valence-corrected chi connectivity index (χ4v) is 2.09. The Kier molecular flexibility index (Phi) is 3.97. The van der Waals surface area contributed by atoms with Gasteiger partial charge in [0.2, 0.25) is 0 Å². The molecule has 1 aliphatic carbocycles. The van der Waals surface area contributed by atoms with E-state index in [0.29, 0.717) is 23.6 Å². The van der Waals surface area contributed by atoms with Gasteiger partial charge in [-0.25, -0.2) is 0 Å². The third-order valence-electron chi connectivity index (χ3n) is 3.38. The molecule has 0 aliphatic heterocycles. The van der Waals surface area contributed by atoms with E-state index in [1.807, 2.05) is 0 Å². The summed E-state index contributed by atoms with van der Waals surface area (Å²) in [6.07, 6.45) is 3.48. The first-order valence-electron chi connectivity index (χ1n) is 6.24. The minimum Gasteiger partial charge on any atom is -0.481 e. The zero-order valence-electron chi connectivity index (χ0n) is 10.2. The van der Waals surface area contributed by atoms with E-state index in [1.165, 1.54) is 19.3 Å². The molecule has 1 fully saturated rings. The molecule has 4 nitrogen and oxygen atoms in total. The molecule has 0 unspecified atom stereocenters. The maximum Gasteiger partial charge on any atom is 0.307 e. The molecule has 4 heteroatoms. The number of nitrogens with one attached hydrogen (secondary N) is 1. The summed E-state index contributed by atoms with van der Waals surface area (Å²) in [5, 5.41) is 11.7. The summed E-state index contributed by atoms with van der Waals surface area (Å²) in [4.78, 5) is 22.7. The van der Waals surface area contributed by atoms with Gasteiger partial charge in [0, 0.05) is 12.1 Å². The van der Waals surface area contributed by atoms with Crippen LogP contribution in [0.3, 0.4) is 0 Å². The third kappa shape index (κ3) is 3.09. The van der Waals surface area contributed by atoms with Crippen LogP contribution < -0.4 is 5.32 Å². The van der Waals surface area contributed by atoms with Crippen molar-refractivity contribution in [3.05, 3.63) is 35.4 Å². The van der Waals surface area contributed by atoms with Crippen molar-refractivity contribution >= 4 is 11.9 Å². The van der Waals surface area contributed by atoms with Crippen LogP contribution in [-0.2, 0) is 11.2 Å². The number of amides is 1. The quantitative estimate of drug-likeness (QED) is 0.834. The Bertz CT molecular complexity index is 452. The van der Waals surface area contributed by atoms with Gasteiger partial charge in [0.1, 0.15) is 0 Å².